The third-order valence-corrected chi connectivity index (χ3v) is 4.24. The van der Waals surface area contributed by atoms with Gasteiger partial charge in [0.25, 0.3) is 0 Å². The standard InChI is InChI=1S/C15H16O5.C2H7N.C2H6/c1-20-13-5-7-4-11(17)8-2-3-10(16)15(19)14(8)9(7)6-12(13)18;1-3-2;1-2/h2-3,5,7,9,11,16-17,19H,4,6H2,1H3;3H,1-2H3;1-2H3. The van der Waals surface area contributed by atoms with Gasteiger partial charge in [0.05, 0.1) is 13.2 Å². The van der Waals surface area contributed by atoms with Crippen molar-refractivity contribution in [3.8, 4) is 11.5 Å². The summed E-state index contributed by atoms with van der Waals surface area (Å²) in [5.74, 6) is -0.603. The molecule has 3 atom stereocenters. The minimum absolute atomic E-state index is 0.0853. The second kappa shape index (κ2) is 9.44. The summed E-state index contributed by atoms with van der Waals surface area (Å²) in [6.07, 6.45) is 1.68. The van der Waals surface area contributed by atoms with Gasteiger partial charge < -0.3 is 25.4 Å². The lowest BCUT2D eigenvalue weighted by Gasteiger charge is -2.37. The Balaban J connectivity index is 0.000000567. The van der Waals surface area contributed by atoms with Crippen molar-refractivity contribution in [1.82, 2.24) is 5.32 Å². The van der Waals surface area contributed by atoms with Gasteiger partial charge in [-0.05, 0) is 44.1 Å². The predicted molar refractivity (Wildman–Crippen MR) is 96.6 cm³/mol. The number of methoxy groups -OCH3 is 1. The van der Waals surface area contributed by atoms with E-state index in [-0.39, 0.29) is 35.5 Å². The molecule has 0 saturated carbocycles. The lowest BCUT2D eigenvalue weighted by molar-refractivity contribution is -0.120. The Morgan fingerprint density at radius 1 is 1.20 bits per heavy atom. The number of aromatic hydroxyl groups is 2. The second-order valence-electron chi connectivity index (χ2n) is 5.82. The number of fused-ring (bicyclic) bond motifs is 3. The van der Waals surface area contributed by atoms with Crippen molar-refractivity contribution in [3.63, 3.8) is 0 Å². The monoisotopic (exact) mass is 351 g/mol. The van der Waals surface area contributed by atoms with E-state index in [1.54, 1.807) is 12.1 Å². The number of ketones is 1. The molecule has 0 saturated heterocycles. The van der Waals surface area contributed by atoms with E-state index in [0.29, 0.717) is 23.3 Å². The van der Waals surface area contributed by atoms with Gasteiger partial charge in [-0.25, -0.2) is 0 Å². The van der Waals surface area contributed by atoms with Gasteiger partial charge in [0, 0.05) is 17.9 Å². The van der Waals surface area contributed by atoms with E-state index < -0.39 is 6.10 Å². The Kier molecular flexibility index (Phi) is 7.93. The maximum absolute atomic E-state index is 12.0. The van der Waals surface area contributed by atoms with Crippen LogP contribution in [0.2, 0.25) is 0 Å². The summed E-state index contributed by atoms with van der Waals surface area (Å²) in [7, 11) is 5.20. The van der Waals surface area contributed by atoms with Gasteiger partial charge in [-0.3, -0.25) is 4.79 Å². The second-order valence-corrected chi connectivity index (χ2v) is 5.82. The number of Topliss-reactive ketones (excluding diaryl/α,β-unsaturated/α-hetero) is 1. The number of allylic oxidation sites excluding steroid dienone is 2. The summed E-state index contributed by atoms with van der Waals surface area (Å²) in [4.78, 5) is 12.0. The molecule has 0 spiro atoms. The molecule has 3 rings (SSSR count). The highest BCUT2D eigenvalue weighted by Gasteiger charge is 2.40. The smallest absolute Gasteiger partial charge is 0.197 e. The number of nitrogens with one attached hydrogen (secondary N) is 1. The molecule has 0 fully saturated rings. The van der Waals surface area contributed by atoms with Gasteiger partial charge in [0.2, 0.25) is 0 Å². The first-order valence-corrected chi connectivity index (χ1v) is 8.54. The third-order valence-electron chi connectivity index (χ3n) is 4.24. The van der Waals surface area contributed by atoms with E-state index in [0.717, 1.165) is 0 Å². The molecule has 25 heavy (non-hydrogen) atoms. The third kappa shape index (κ3) is 4.32. The summed E-state index contributed by atoms with van der Waals surface area (Å²) < 4.78 is 5.05. The number of phenols is 2. The Morgan fingerprint density at radius 3 is 2.36 bits per heavy atom. The molecule has 140 valence electrons. The van der Waals surface area contributed by atoms with Crippen LogP contribution in [-0.2, 0) is 9.53 Å². The Bertz CT molecular complexity index is 626. The average Bonchev–Trinajstić information content (AvgIpc) is 2.60. The van der Waals surface area contributed by atoms with Crippen LogP contribution in [0, 0.1) is 5.92 Å². The molecule has 0 heterocycles. The number of ether oxygens (including phenoxy) is 1. The van der Waals surface area contributed by atoms with Crippen LogP contribution >= 0.6 is 0 Å². The molecule has 1 aromatic rings. The van der Waals surface area contributed by atoms with Gasteiger partial charge in [-0.15, -0.1) is 0 Å². The minimum atomic E-state index is -0.722. The lowest BCUT2D eigenvalue weighted by Crippen LogP contribution is -2.29. The highest BCUT2D eigenvalue weighted by atomic mass is 16.5. The molecular weight excluding hydrogens is 322 g/mol. The molecule has 2 aliphatic rings. The fourth-order valence-corrected chi connectivity index (χ4v) is 3.26. The van der Waals surface area contributed by atoms with Crippen molar-refractivity contribution in [3.05, 3.63) is 35.1 Å². The number of carbonyl (C=O) groups excluding carboxylic acids is 1. The molecule has 6 nitrogen and oxygen atoms in total. The Labute approximate surface area is 149 Å². The summed E-state index contributed by atoms with van der Waals surface area (Å²) >= 11 is 0. The molecule has 0 radical (unpaired) electrons. The maximum Gasteiger partial charge on any atom is 0.197 e. The molecule has 0 aliphatic heterocycles. The Morgan fingerprint density at radius 2 is 1.80 bits per heavy atom. The van der Waals surface area contributed by atoms with Gasteiger partial charge >= 0.3 is 0 Å². The molecule has 0 aromatic heterocycles. The van der Waals surface area contributed by atoms with Gasteiger partial charge in [-0.2, -0.15) is 0 Å². The first kappa shape index (κ1) is 21.0. The fourth-order valence-electron chi connectivity index (χ4n) is 3.26. The summed E-state index contributed by atoms with van der Waals surface area (Å²) in [6.45, 7) is 4.00. The molecule has 2 aliphatic carbocycles. The van der Waals surface area contributed by atoms with Crippen LogP contribution in [0.5, 0.6) is 11.5 Å². The van der Waals surface area contributed by atoms with E-state index in [1.807, 2.05) is 27.9 Å². The van der Waals surface area contributed by atoms with Crippen LogP contribution in [0.1, 0.15) is 49.8 Å². The van der Waals surface area contributed by atoms with Crippen LogP contribution in [0.25, 0.3) is 0 Å². The van der Waals surface area contributed by atoms with E-state index in [4.69, 9.17) is 4.74 Å². The number of rotatable bonds is 1. The maximum atomic E-state index is 12.0. The number of aliphatic hydroxyl groups is 1. The van der Waals surface area contributed by atoms with Crippen molar-refractivity contribution in [2.24, 2.45) is 5.92 Å². The molecule has 3 unspecified atom stereocenters. The zero-order valence-electron chi connectivity index (χ0n) is 15.5. The number of phenolic OH excluding ortho intramolecular Hbond substituents is 2. The summed E-state index contributed by atoms with van der Waals surface area (Å²) in [6, 6.07) is 2.96. The Hall–Kier alpha value is -2.05. The quantitative estimate of drug-likeness (QED) is 0.581. The fraction of sp³-hybridized carbons (Fsp3) is 0.526. The molecule has 6 heteroatoms. The van der Waals surface area contributed by atoms with Crippen molar-refractivity contribution in [1.29, 1.82) is 0 Å². The van der Waals surface area contributed by atoms with Crippen molar-refractivity contribution in [2.45, 2.75) is 38.7 Å². The topological polar surface area (TPSA) is 99.0 Å². The molecule has 4 N–H and O–H groups in total. The van der Waals surface area contributed by atoms with E-state index in [2.05, 4.69) is 5.32 Å². The van der Waals surface area contributed by atoms with Crippen LogP contribution in [0.4, 0.5) is 0 Å². The van der Waals surface area contributed by atoms with Gasteiger partial charge in [0.15, 0.2) is 23.0 Å². The zero-order valence-corrected chi connectivity index (χ0v) is 15.5. The van der Waals surface area contributed by atoms with Crippen LogP contribution in [0.15, 0.2) is 24.0 Å². The van der Waals surface area contributed by atoms with Crippen LogP contribution < -0.4 is 5.32 Å². The molecule has 0 bridgehead atoms. The highest BCUT2D eigenvalue weighted by molar-refractivity contribution is 5.95. The normalized spacial score (nSPS) is 23.7. The van der Waals surface area contributed by atoms with Crippen LogP contribution in [-0.4, -0.2) is 42.3 Å². The van der Waals surface area contributed by atoms with E-state index in [1.165, 1.54) is 13.2 Å². The first-order chi connectivity index (χ1) is 11.9. The van der Waals surface area contributed by atoms with Gasteiger partial charge in [0.1, 0.15) is 0 Å². The predicted octanol–water partition coefficient (Wildman–Crippen LogP) is 2.60. The summed E-state index contributed by atoms with van der Waals surface area (Å²) in [5.41, 5.74) is 1.07. The summed E-state index contributed by atoms with van der Waals surface area (Å²) in [5, 5.41) is 32.7. The highest BCUT2D eigenvalue weighted by Crippen LogP contribution is 2.51. The molecular formula is C19H29NO5. The van der Waals surface area contributed by atoms with Crippen molar-refractivity contribution >= 4 is 5.78 Å². The number of hydrogen-bond acceptors (Lipinski definition) is 6. The number of hydrogen-bond donors (Lipinski definition) is 4. The van der Waals surface area contributed by atoms with Crippen LogP contribution in [0.3, 0.4) is 0 Å². The number of benzene rings is 1. The average molecular weight is 351 g/mol. The van der Waals surface area contributed by atoms with Crippen molar-refractivity contribution < 1.29 is 24.9 Å². The van der Waals surface area contributed by atoms with E-state index >= 15 is 0 Å². The van der Waals surface area contributed by atoms with E-state index in [9.17, 15) is 20.1 Å². The SMILES string of the molecule is CC.CNC.COC1=CC2CC(O)c3ccc(O)c(O)c3C2CC1=O. The lowest BCUT2D eigenvalue weighted by atomic mass is 9.69. The van der Waals surface area contributed by atoms with Gasteiger partial charge in [-0.1, -0.05) is 19.9 Å². The molecule has 1 aromatic carbocycles. The minimum Gasteiger partial charge on any atom is -0.504 e. The number of aliphatic hydroxyl groups excluding tert-OH is 1. The zero-order chi connectivity index (χ0) is 19.1. The number of carbonyl (C=O) groups is 1. The first-order valence-electron chi connectivity index (χ1n) is 8.54. The van der Waals surface area contributed by atoms with Crippen molar-refractivity contribution in [2.75, 3.05) is 21.2 Å². The molecule has 0 amide bonds. The largest absolute Gasteiger partial charge is 0.504 e.